The fourth-order valence-corrected chi connectivity index (χ4v) is 2.01. The lowest BCUT2D eigenvalue weighted by Gasteiger charge is -2.35. The molecule has 0 aliphatic heterocycles. The molecule has 0 rings (SSSR count). The number of carbonyl (C=O) groups is 4. The SMILES string of the molecule is CCC(=O)O.CCN(CC(=O)O)C(C)(C)C.CN(C(CC(=O)O)C(=O)O)C(C)(C)C. The van der Waals surface area contributed by atoms with Crippen molar-refractivity contribution in [1.29, 1.82) is 0 Å². The summed E-state index contributed by atoms with van der Waals surface area (Å²) in [5.41, 5.74) is -0.411. The van der Waals surface area contributed by atoms with Gasteiger partial charge in [-0.3, -0.25) is 29.0 Å². The van der Waals surface area contributed by atoms with Gasteiger partial charge >= 0.3 is 23.9 Å². The molecule has 178 valence electrons. The number of hydrogen-bond acceptors (Lipinski definition) is 6. The Morgan fingerprint density at radius 3 is 1.30 bits per heavy atom. The van der Waals surface area contributed by atoms with E-state index in [0.717, 1.165) is 6.54 Å². The largest absolute Gasteiger partial charge is 0.481 e. The minimum absolute atomic E-state index is 0.0485. The second kappa shape index (κ2) is 14.7. The minimum Gasteiger partial charge on any atom is -0.481 e. The molecule has 0 saturated heterocycles. The molecule has 0 aliphatic carbocycles. The molecule has 0 bridgehead atoms. The average Bonchev–Trinajstić information content (AvgIpc) is 2.55. The van der Waals surface area contributed by atoms with Crippen LogP contribution in [0, 0.1) is 0 Å². The first kappa shape index (κ1) is 32.5. The summed E-state index contributed by atoms with van der Waals surface area (Å²) in [5, 5.41) is 33.7. The fourth-order valence-electron chi connectivity index (χ4n) is 2.01. The van der Waals surface area contributed by atoms with Crippen molar-refractivity contribution in [2.24, 2.45) is 0 Å². The quantitative estimate of drug-likeness (QED) is 0.445. The van der Waals surface area contributed by atoms with Gasteiger partial charge < -0.3 is 20.4 Å². The highest BCUT2D eigenvalue weighted by Crippen LogP contribution is 2.16. The maximum absolute atomic E-state index is 10.8. The normalized spacial score (nSPS) is 12.2. The summed E-state index contributed by atoms with van der Waals surface area (Å²) in [6.07, 6.45) is -0.164. The van der Waals surface area contributed by atoms with Crippen LogP contribution in [-0.2, 0) is 19.2 Å². The zero-order valence-electron chi connectivity index (χ0n) is 19.7. The molecule has 0 aromatic carbocycles. The van der Waals surface area contributed by atoms with E-state index in [4.69, 9.17) is 20.4 Å². The van der Waals surface area contributed by atoms with Gasteiger partial charge in [-0.25, -0.2) is 0 Å². The fraction of sp³-hybridized carbons (Fsp3) is 0.800. The van der Waals surface area contributed by atoms with Crippen LogP contribution in [-0.4, -0.2) is 91.4 Å². The number of hydrogen-bond donors (Lipinski definition) is 4. The van der Waals surface area contributed by atoms with Crippen LogP contribution in [0.15, 0.2) is 0 Å². The maximum Gasteiger partial charge on any atom is 0.321 e. The van der Waals surface area contributed by atoms with E-state index in [0.29, 0.717) is 0 Å². The summed E-state index contributed by atoms with van der Waals surface area (Å²) in [6.45, 7) is 16.0. The molecule has 4 N–H and O–H groups in total. The van der Waals surface area contributed by atoms with Gasteiger partial charge in [0.15, 0.2) is 0 Å². The summed E-state index contributed by atoms with van der Waals surface area (Å²) < 4.78 is 0. The van der Waals surface area contributed by atoms with E-state index in [1.807, 2.05) is 53.4 Å². The number of rotatable bonds is 8. The standard InChI is InChI=1S/C9H17NO4.C8H17NO2.C3H6O2/c1-9(2,3)10(4)6(8(13)14)5-7(11)12;1-5-9(6-7(10)11)8(2,3)4;1-2-3(4)5/h6H,5H2,1-4H3,(H,11,12)(H,13,14);5-6H2,1-4H3,(H,10,11);2H2,1H3,(H,4,5). The lowest BCUT2D eigenvalue weighted by molar-refractivity contribution is -0.151. The molecular formula is C20H40N2O8. The van der Waals surface area contributed by atoms with E-state index in [9.17, 15) is 19.2 Å². The molecule has 10 nitrogen and oxygen atoms in total. The lowest BCUT2D eigenvalue weighted by atomic mass is 10.0. The molecule has 0 aromatic rings. The molecule has 0 amide bonds. The van der Waals surface area contributed by atoms with Gasteiger partial charge in [-0.05, 0) is 55.1 Å². The second-order valence-electron chi connectivity index (χ2n) is 8.56. The van der Waals surface area contributed by atoms with Gasteiger partial charge in [0.1, 0.15) is 6.04 Å². The van der Waals surface area contributed by atoms with E-state index in [1.54, 1.807) is 18.9 Å². The number of nitrogens with zero attached hydrogens (tertiary/aromatic N) is 2. The van der Waals surface area contributed by atoms with Crippen molar-refractivity contribution >= 4 is 23.9 Å². The Morgan fingerprint density at radius 2 is 1.17 bits per heavy atom. The van der Waals surface area contributed by atoms with Crippen molar-refractivity contribution in [1.82, 2.24) is 9.80 Å². The van der Waals surface area contributed by atoms with Gasteiger partial charge in [0.05, 0.1) is 13.0 Å². The molecule has 0 fully saturated rings. The van der Waals surface area contributed by atoms with Crippen LogP contribution in [0.2, 0.25) is 0 Å². The molecule has 0 aliphatic rings. The summed E-state index contributed by atoms with van der Waals surface area (Å²) in [7, 11) is 1.61. The van der Waals surface area contributed by atoms with Gasteiger partial charge in [-0.2, -0.15) is 0 Å². The third kappa shape index (κ3) is 17.9. The van der Waals surface area contributed by atoms with Crippen molar-refractivity contribution in [3.05, 3.63) is 0 Å². The zero-order chi connectivity index (χ0) is 24.9. The highest BCUT2D eigenvalue weighted by atomic mass is 16.4. The molecule has 0 aromatic heterocycles. The van der Waals surface area contributed by atoms with E-state index >= 15 is 0 Å². The first-order chi connectivity index (χ1) is 13.3. The summed E-state index contributed by atoms with van der Waals surface area (Å²) in [4.78, 5) is 44.5. The second-order valence-corrected chi connectivity index (χ2v) is 8.56. The maximum atomic E-state index is 10.8. The van der Waals surface area contributed by atoms with Crippen LogP contribution in [0.3, 0.4) is 0 Å². The van der Waals surface area contributed by atoms with Crippen LogP contribution >= 0.6 is 0 Å². The Kier molecular flexibility index (Phi) is 15.9. The van der Waals surface area contributed by atoms with Gasteiger partial charge in [0, 0.05) is 17.5 Å². The first-order valence-corrected chi connectivity index (χ1v) is 9.67. The monoisotopic (exact) mass is 436 g/mol. The van der Waals surface area contributed by atoms with E-state index in [2.05, 4.69) is 0 Å². The van der Waals surface area contributed by atoms with Crippen molar-refractivity contribution in [3.63, 3.8) is 0 Å². The molecule has 0 radical (unpaired) electrons. The van der Waals surface area contributed by atoms with Gasteiger partial charge in [-0.1, -0.05) is 13.8 Å². The third-order valence-electron chi connectivity index (χ3n) is 4.14. The molecular weight excluding hydrogens is 396 g/mol. The predicted octanol–water partition coefficient (Wildman–Crippen LogP) is 2.32. The summed E-state index contributed by atoms with van der Waals surface area (Å²) in [6, 6.07) is -0.979. The Bertz CT molecular complexity index is 550. The van der Waals surface area contributed by atoms with Gasteiger partial charge in [0.2, 0.25) is 0 Å². The van der Waals surface area contributed by atoms with Crippen LogP contribution in [0.4, 0.5) is 0 Å². The Hall–Kier alpha value is -2.20. The highest BCUT2D eigenvalue weighted by molar-refractivity contribution is 5.80. The van der Waals surface area contributed by atoms with Gasteiger partial charge in [-0.15, -0.1) is 0 Å². The predicted molar refractivity (Wildman–Crippen MR) is 114 cm³/mol. The van der Waals surface area contributed by atoms with Crippen LogP contribution in [0.25, 0.3) is 0 Å². The molecule has 0 spiro atoms. The van der Waals surface area contributed by atoms with Crippen molar-refractivity contribution < 1.29 is 39.6 Å². The van der Waals surface area contributed by atoms with Crippen molar-refractivity contribution in [2.75, 3.05) is 20.1 Å². The lowest BCUT2D eigenvalue weighted by Crippen LogP contribution is -2.49. The number of aliphatic carboxylic acids is 4. The average molecular weight is 437 g/mol. The van der Waals surface area contributed by atoms with Crippen LogP contribution < -0.4 is 0 Å². The summed E-state index contributed by atoms with van der Waals surface area (Å²) in [5.74, 6) is -3.72. The molecule has 0 saturated carbocycles. The zero-order valence-corrected chi connectivity index (χ0v) is 19.7. The molecule has 10 heteroatoms. The number of carboxylic acids is 4. The molecule has 1 atom stereocenters. The summed E-state index contributed by atoms with van der Waals surface area (Å²) >= 11 is 0. The van der Waals surface area contributed by atoms with E-state index < -0.39 is 29.9 Å². The molecule has 30 heavy (non-hydrogen) atoms. The minimum atomic E-state index is -1.11. The van der Waals surface area contributed by atoms with Crippen molar-refractivity contribution in [3.8, 4) is 0 Å². The highest BCUT2D eigenvalue weighted by Gasteiger charge is 2.32. The van der Waals surface area contributed by atoms with Crippen LogP contribution in [0.1, 0.15) is 68.2 Å². The Balaban J connectivity index is -0.000000405. The van der Waals surface area contributed by atoms with Gasteiger partial charge in [0.25, 0.3) is 0 Å². The smallest absolute Gasteiger partial charge is 0.321 e. The number of carboxylic acid groups (broad SMARTS) is 4. The van der Waals surface area contributed by atoms with E-state index in [-0.39, 0.29) is 30.5 Å². The van der Waals surface area contributed by atoms with Crippen molar-refractivity contribution in [2.45, 2.75) is 85.4 Å². The molecule has 1 unspecified atom stereocenters. The third-order valence-corrected chi connectivity index (χ3v) is 4.14. The first-order valence-electron chi connectivity index (χ1n) is 9.67. The topological polar surface area (TPSA) is 156 Å². The Labute approximate surface area is 179 Å². The van der Waals surface area contributed by atoms with Crippen LogP contribution in [0.5, 0.6) is 0 Å². The number of likely N-dealkylation sites (N-methyl/N-ethyl adjacent to an activating group) is 2. The van der Waals surface area contributed by atoms with E-state index in [1.165, 1.54) is 0 Å². The molecule has 0 heterocycles. The Morgan fingerprint density at radius 1 is 0.767 bits per heavy atom.